The van der Waals surface area contributed by atoms with E-state index in [1.54, 1.807) is 0 Å². The number of anilines is 1. The molecule has 0 aliphatic carbocycles. The summed E-state index contributed by atoms with van der Waals surface area (Å²) in [4.78, 5) is 25.1. The van der Waals surface area contributed by atoms with Crippen LogP contribution in [0.1, 0.15) is 24.3 Å². The molecule has 2 atom stereocenters. The minimum atomic E-state index is -0.780. The highest BCUT2D eigenvalue weighted by molar-refractivity contribution is 5.88. The summed E-state index contributed by atoms with van der Waals surface area (Å²) < 4.78 is 0. The standard InChI is InChI=1S/C15H18N2O3/c18-14(19)7-10-5-6-17(9-10)15(20)12-8-16-13-4-2-1-3-11(12)13/h1-4,10,12,16H,5-9H2,(H,18,19). The van der Waals surface area contributed by atoms with Gasteiger partial charge < -0.3 is 15.3 Å². The Labute approximate surface area is 117 Å². The monoisotopic (exact) mass is 274 g/mol. The second-order valence-electron chi connectivity index (χ2n) is 5.56. The number of carbonyl (C=O) groups is 2. The quantitative estimate of drug-likeness (QED) is 0.876. The molecule has 20 heavy (non-hydrogen) atoms. The molecule has 5 nitrogen and oxygen atoms in total. The number of likely N-dealkylation sites (tertiary alicyclic amines) is 1. The molecule has 2 aliphatic heterocycles. The van der Waals surface area contributed by atoms with Gasteiger partial charge in [-0.25, -0.2) is 0 Å². The Morgan fingerprint density at radius 2 is 2.15 bits per heavy atom. The van der Waals surface area contributed by atoms with E-state index >= 15 is 0 Å². The van der Waals surface area contributed by atoms with Gasteiger partial charge >= 0.3 is 5.97 Å². The number of nitrogens with one attached hydrogen (secondary N) is 1. The zero-order chi connectivity index (χ0) is 14.1. The molecule has 1 saturated heterocycles. The number of fused-ring (bicyclic) bond motifs is 1. The van der Waals surface area contributed by atoms with Crippen molar-refractivity contribution in [1.82, 2.24) is 4.90 Å². The number of carboxylic acid groups (broad SMARTS) is 1. The van der Waals surface area contributed by atoms with E-state index in [0.717, 1.165) is 17.7 Å². The van der Waals surface area contributed by atoms with Gasteiger partial charge in [-0.3, -0.25) is 9.59 Å². The number of rotatable bonds is 3. The average molecular weight is 274 g/mol. The molecule has 0 aromatic heterocycles. The third-order valence-electron chi connectivity index (χ3n) is 4.19. The Balaban J connectivity index is 1.68. The largest absolute Gasteiger partial charge is 0.481 e. The molecule has 106 valence electrons. The SMILES string of the molecule is O=C(O)CC1CCN(C(=O)C2CNc3ccccc32)C1. The first-order chi connectivity index (χ1) is 9.65. The first-order valence-electron chi connectivity index (χ1n) is 6.98. The maximum Gasteiger partial charge on any atom is 0.303 e. The van der Waals surface area contributed by atoms with Crippen LogP contribution in [0.2, 0.25) is 0 Å². The van der Waals surface area contributed by atoms with Crippen molar-refractivity contribution >= 4 is 17.6 Å². The molecular weight excluding hydrogens is 256 g/mol. The molecule has 1 aromatic rings. The van der Waals surface area contributed by atoms with Gasteiger partial charge in [0.25, 0.3) is 0 Å². The number of benzene rings is 1. The Kier molecular flexibility index (Phi) is 3.34. The Bertz CT molecular complexity index is 544. The zero-order valence-corrected chi connectivity index (χ0v) is 11.2. The maximum absolute atomic E-state index is 12.6. The normalized spacial score (nSPS) is 24.3. The Morgan fingerprint density at radius 1 is 1.35 bits per heavy atom. The highest BCUT2D eigenvalue weighted by Crippen LogP contribution is 2.33. The number of hydrogen-bond acceptors (Lipinski definition) is 3. The smallest absolute Gasteiger partial charge is 0.303 e. The number of carboxylic acids is 1. The molecule has 0 saturated carbocycles. The lowest BCUT2D eigenvalue weighted by atomic mass is 10.00. The van der Waals surface area contributed by atoms with Crippen LogP contribution in [0.4, 0.5) is 5.69 Å². The fraction of sp³-hybridized carbons (Fsp3) is 0.467. The van der Waals surface area contributed by atoms with E-state index in [0.29, 0.717) is 19.6 Å². The van der Waals surface area contributed by atoms with E-state index in [4.69, 9.17) is 5.11 Å². The number of carbonyl (C=O) groups excluding carboxylic acids is 1. The minimum absolute atomic E-state index is 0.0982. The van der Waals surface area contributed by atoms with E-state index in [-0.39, 0.29) is 24.2 Å². The second kappa shape index (κ2) is 5.15. The van der Waals surface area contributed by atoms with Crippen molar-refractivity contribution in [2.75, 3.05) is 25.0 Å². The first-order valence-corrected chi connectivity index (χ1v) is 6.98. The van der Waals surface area contributed by atoms with E-state index in [1.807, 2.05) is 29.2 Å². The van der Waals surface area contributed by atoms with Crippen LogP contribution >= 0.6 is 0 Å². The van der Waals surface area contributed by atoms with Gasteiger partial charge in [0.1, 0.15) is 0 Å². The maximum atomic E-state index is 12.6. The summed E-state index contributed by atoms with van der Waals surface area (Å²) in [7, 11) is 0. The molecule has 5 heteroatoms. The van der Waals surface area contributed by atoms with Gasteiger partial charge in [0.2, 0.25) is 5.91 Å². The van der Waals surface area contributed by atoms with Crippen LogP contribution in [0.5, 0.6) is 0 Å². The molecule has 2 N–H and O–H groups in total. The van der Waals surface area contributed by atoms with Crippen molar-refractivity contribution in [2.45, 2.75) is 18.8 Å². The molecule has 1 fully saturated rings. The van der Waals surface area contributed by atoms with Gasteiger partial charge in [0.15, 0.2) is 0 Å². The molecule has 2 aliphatic rings. The van der Waals surface area contributed by atoms with Gasteiger partial charge in [-0.2, -0.15) is 0 Å². The fourth-order valence-corrected chi connectivity index (χ4v) is 3.17. The summed E-state index contributed by atoms with van der Waals surface area (Å²) in [5.74, 6) is -0.691. The Morgan fingerprint density at radius 3 is 2.95 bits per heavy atom. The van der Waals surface area contributed by atoms with Crippen LogP contribution in [0, 0.1) is 5.92 Å². The van der Waals surface area contributed by atoms with Gasteiger partial charge in [0.05, 0.1) is 5.92 Å². The van der Waals surface area contributed by atoms with Crippen molar-refractivity contribution < 1.29 is 14.7 Å². The Hall–Kier alpha value is -2.04. The molecule has 0 spiro atoms. The average Bonchev–Trinajstić information content (AvgIpc) is 3.03. The first kappa shape index (κ1) is 13.0. The van der Waals surface area contributed by atoms with Crippen molar-refractivity contribution in [3.8, 4) is 0 Å². The van der Waals surface area contributed by atoms with E-state index < -0.39 is 5.97 Å². The lowest BCUT2D eigenvalue weighted by Crippen LogP contribution is -2.34. The van der Waals surface area contributed by atoms with Crippen LogP contribution in [-0.4, -0.2) is 41.5 Å². The molecule has 1 amide bonds. The van der Waals surface area contributed by atoms with Crippen LogP contribution in [0.15, 0.2) is 24.3 Å². The summed E-state index contributed by atoms with van der Waals surface area (Å²) in [5.41, 5.74) is 2.09. The molecule has 1 aromatic carbocycles. The topological polar surface area (TPSA) is 69.6 Å². The number of hydrogen-bond donors (Lipinski definition) is 2. The van der Waals surface area contributed by atoms with Crippen LogP contribution in [-0.2, 0) is 9.59 Å². The van der Waals surface area contributed by atoms with Crippen LogP contribution in [0.3, 0.4) is 0 Å². The van der Waals surface area contributed by atoms with Crippen LogP contribution < -0.4 is 5.32 Å². The van der Waals surface area contributed by atoms with E-state index in [2.05, 4.69) is 5.32 Å². The molecular formula is C15H18N2O3. The summed E-state index contributed by atoms with van der Waals surface area (Å²) in [6.45, 7) is 1.89. The third kappa shape index (κ3) is 2.35. The molecule has 0 bridgehead atoms. The van der Waals surface area contributed by atoms with Gasteiger partial charge in [-0.15, -0.1) is 0 Å². The minimum Gasteiger partial charge on any atom is -0.481 e. The van der Waals surface area contributed by atoms with Gasteiger partial charge in [-0.05, 0) is 24.0 Å². The van der Waals surface area contributed by atoms with Crippen molar-refractivity contribution in [2.24, 2.45) is 5.92 Å². The van der Waals surface area contributed by atoms with Gasteiger partial charge in [0, 0.05) is 31.7 Å². The van der Waals surface area contributed by atoms with Crippen molar-refractivity contribution in [1.29, 1.82) is 0 Å². The van der Waals surface area contributed by atoms with E-state index in [1.165, 1.54) is 0 Å². The molecule has 0 radical (unpaired) electrons. The summed E-state index contributed by atoms with van der Waals surface area (Å²) in [5, 5.41) is 12.1. The summed E-state index contributed by atoms with van der Waals surface area (Å²) in [6, 6.07) is 7.88. The highest BCUT2D eigenvalue weighted by Gasteiger charge is 2.35. The zero-order valence-electron chi connectivity index (χ0n) is 11.2. The summed E-state index contributed by atoms with van der Waals surface area (Å²) >= 11 is 0. The summed E-state index contributed by atoms with van der Waals surface area (Å²) in [6.07, 6.45) is 0.948. The number of aliphatic carboxylic acids is 1. The number of amides is 1. The predicted octanol–water partition coefficient (Wildman–Crippen LogP) is 1.52. The molecule has 2 unspecified atom stereocenters. The second-order valence-corrected chi connectivity index (χ2v) is 5.56. The number of para-hydroxylation sites is 1. The highest BCUT2D eigenvalue weighted by atomic mass is 16.4. The lowest BCUT2D eigenvalue weighted by Gasteiger charge is -2.20. The molecule has 2 heterocycles. The lowest BCUT2D eigenvalue weighted by molar-refractivity contribution is -0.138. The van der Waals surface area contributed by atoms with E-state index in [9.17, 15) is 9.59 Å². The van der Waals surface area contributed by atoms with Gasteiger partial charge in [-0.1, -0.05) is 18.2 Å². The number of nitrogens with zero attached hydrogens (tertiary/aromatic N) is 1. The van der Waals surface area contributed by atoms with Crippen molar-refractivity contribution in [3.63, 3.8) is 0 Å². The third-order valence-corrected chi connectivity index (χ3v) is 4.19. The predicted molar refractivity (Wildman–Crippen MR) is 74.6 cm³/mol. The molecule has 3 rings (SSSR count). The fourth-order valence-electron chi connectivity index (χ4n) is 3.17. The van der Waals surface area contributed by atoms with Crippen molar-refractivity contribution in [3.05, 3.63) is 29.8 Å². The van der Waals surface area contributed by atoms with Crippen LogP contribution in [0.25, 0.3) is 0 Å².